The number of amides is 1. The van der Waals surface area contributed by atoms with Crippen LogP contribution in [0.1, 0.15) is 44.2 Å². The lowest BCUT2D eigenvalue weighted by molar-refractivity contribution is -0.128. The van der Waals surface area contributed by atoms with Gasteiger partial charge in [-0.3, -0.25) is 15.1 Å². The maximum Gasteiger partial charge on any atom is 0.409 e. The summed E-state index contributed by atoms with van der Waals surface area (Å²) in [5, 5.41) is 9.29. The molecular formula is C28H42F3N7O2. The molecule has 9 nitrogen and oxygen atoms in total. The van der Waals surface area contributed by atoms with Gasteiger partial charge in [0.05, 0.1) is 12.8 Å². The summed E-state index contributed by atoms with van der Waals surface area (Å²) in [6.07, 6.45) is 0.801. The summed E-state index contributed by atoms with van der Waals surface area (Å²) in [5.41, 5.74) is 13.1. The number of nitrogens with zero attached hydrogens (tertiary/aromatic N) is 4. The molecule has 0 atom stereocenters. The fraction of sp³-hybridized carbons (Fsp3) is 0.536. The maximum atomic E-state index is 12.3. The number of ether oxygens (including phenoxy) is 1. The van der Waals surface area contributed by atoms with Crippen molar-refractivity contribution in [1.82, 2.24) is 20.2 Å². The Kier molecular flexibility index (Phi) is 13.1. The summed E-state index contributed by atoms with van der Waals surface area (Å²) >= 11 is 0. The first kappa shape index (κ1) is 32.8. The maximum absolute atomic E-state index is 12.3. The van der Waals surface area contributed by atoms with E-state index in [-0.39, 0.29) is 11.9 Å². The molecule has 12 heteroatoms. The fourth-order valence-electron chi connectivity index (χ4n) is 4.36. The fourth-order valence-corrected chi connectivity index (χ4v) is 4.36. The first-order valence-electron chi connectivity index (χ1n) is 13.4. The topological polar surface area (TPSA) is 110 Å². The predicted molar refractivity (Wildman–Crippen MR) is 153 cm³/mol. The lowest BCUT2D eigenvalue weighted by atomic mass is 10.0. The number of aliphatic imine (C=N–C) groups is 1. The first-order valence-corrected chi connectivity index (χ1v) is 13.4. The Morgan fingerprint density at radius 2 is 1.90 bits per heavy atom. The minimum absolute atomic E-state index is 0.00838. The van der Waals surface area contributed by atoms with E-state index in [1.165, 1.54) is 4.90 Å². The summed E-state index contributed by atoms with van der Waals surface area (Å²) in [6, 6.07) is 6.02. The van der Waals surface area contributed by atoms with Crippen molar-refractivity contribution in [2.24, 2.45) is 10.7 Å². The van der Waals surface area contributed by atoms with Crippen LogP contribution in [-0.2, 0) is 11.2 Å². The van der Waals surface area contributed by atoms with Crippen molar-refractivity contribution in [2.45, 2.75) is 45.7 Å². The van der Waals surface area contributed by atoms with Crippen molar-refractivity contribution >= 4 is 23.8 Å². The Bertz CT molecular complexity index is 1060. The number of alkyl halides is 3. The van der Waals surface area contributed by atoms with Gasteiger partial charge in [0.2, 0.25) is 5.91 Å². The predicted octanol–water partition coefficient (Wildman–Crippen LogP) is 3.82. The molecule has 1 saturated heterocycles. The van der Waals surface area contributed by atoms with Gasteiger partial charge in [0.25, 0.3) is 0 Å². The third-order valence-corrected chi connectivity index (χ3v) is 6.73. The quantitative estimate of drug-likeness (QED) is 0.104. The van der Waals surface area contributed by atoms with E-state index in [1.54, 1.807) is 7.11 Å². The zero-order valence-corrected chi connectivity index (χ0v) is 23.9. The second-order valence-electron chi connectivity index (χ2n) is 9.70. The van der Waals surface area contributed by atoms with Crippen LogP contribution in [0.4, 0.5) is 13.2 Å². The number of piperazine rings is 1. The number of rotatable bonds is 14. The van der Waals surface area contributed by atoms with E-state index in [2.05, 4.69) is 28.3 Å². The van der Waals surface area contributed by atoms with Crippen molar-refractivity contribution in [3.8, 4) is 5.75 Å². The number of methoxy groups -OCH3 is 1. The second kappa shape index (κ2) is 16.0. The molecule has 0 aliphatic carbocycles. The first-order chi connectivity index (χ1) is 19.0. The Hall–Kier alpha value is -3.38. The van der Waals surface area contributed by atoms with Crippen molar-refractivity contribution in [3.63, 3.8) is 0 Å². The average Bonchev–Trinajstić information content (AvgIpc) is 2.93. The number of unbranched alkanes of at least 4 members (excludes halogenated alkanes) is 2. The molecule has 1 aromatic carbocycles. The number of benzene rings is 1. The molecule has 2 rings (SSSR count). The Morgan fingerprint density at radius 1 is 1.20 bits per heavy atom. The van der Waals surface area contributed by atoms with Gasteiger partial charge in [0.15, 0.2) is 0 Å². The summed E-state index contributed by atoms with van der Waals surface area (Å²) in [7, 11) is 3.59. The molecule has 0 bridgehead atoms. The van der Waals surface area contributed by atoms with E-state index in [0.29, 0.717) is 32.3 Å². The molecule has 1 aliphatic heterocycles. The number of hydrogen-bond acceptors (Lipinski definition) is 6. The van der Waals surface area contributed by atoms with Crippen LogP contribution in [0, 0.1) is 5.41 Å². The third kappa shape index (κ3) is 11.0. The molecule has 40 heavy (non-hydrogen) atoms. The van der Waals surface area contributed by atoms with E-state index >= 15 is 0 Å². The highest BCUT2D eigenvalue weighted by atomic mass is 19.4. The van der Waals surface area contributed by atoms with Gasteiger partial charge in [-0.05, 0) is 56.5 Å². The van der Waals surface area contributed by atoms with Crippen LogP contribution in [0.2, 0.25) is 0 Å². The van der Waals surface area contributed by atoms with Crippen LogP contribution in [0.5, 0.6) is 5.75 Å². The molecule has 1 aliphatic rings. The van der Waals surface area contributed by atoms with Crippen molar-refractivity contribution in [2.75, 3.05) is 53.4 Å². The number of allylic oxidation sites excluding steroid dienone is 1. The van der Waals surface area contributed by atoms with E-state index in [4.69, 9.17) is 15.9 Å². The normalized spacial score (nSPS) is 15.9. The number of amidine groups is 1. The van der Waals surface area contributed by atoms with Crippen LogP contribution in [0.3, 0.4) is 0 Å². The van der Waals surface area contributed by atoms with Crippen LogP contribution < -0.4 is 15.9 Å². The lowest BCUT2D eigenvalue weighted by Gasteiger charge is -2.34. The second-order valence-corrected chi connectivity index (χ2v) is 9.70. The molecule has 0 spiro atoms. The Balaban J connectivity index is 1.87. The highest BCUT2D eigenvalue weighted by Gasteiger charge is 2.25. The van der Waals surface area contributed by atoms with Crippen LogP contribution >= 0.6 is 0 Å². The third-order valence-electron chi connectivity index (χ3n) is 6.73. The molecule has 0 unspecified atom stereocenters. The molecule has 1 aromatic rings. The number of carbonyl (C=O) groups is 1. The van der Waals surface area contributed by atoms with Crippen LogP contribution in [0.15, 0.2) is 40.9 Å². The monoisotopic (exact) mass is 565 g/mol. The van der Waals surface area contributed by atoms with Gasteiger partial charge >= 0.3 is 6.18 Å². The highest BCUT2D eigenvalue weighted by molar-refractivity contribution is 6.05. The minimum Gasteiger partial charge on any atom is -0.497 e. The smallest absolute Gasteiger partial charge is 0.409 e. The van der Waals surface area contributed by atoms with Crippen LogP contribution in [-0.4, -0.2) is 92.5 Å². The largest absolute Gasteiger partial charge is 0.497 e. The molecular weight excluding hydrogens is 523 g/mol. The van der Waals surface area contributed by atoms with Crippen molar-refractivity contribution in [3.05, 3.63) is 47.1 Å². The van der Waals surface area contributed by atoms with E-state index < -0.39 is 12.1 Å². The zero-order valence-electron chi connectivity index (χ0n) is 23.9. The Morgan fingerprint density at radius 3 is 2.50 bits per heavy atom. The summed E-state index contributed by atoms with van der Waals surface area (Å²) in [6.45, 7) is 7.75. The van der Waals surface area contributed by atoms with Gasteiger partial charge in [-0.25, -0.2) is 10.0 Å². The number of hydrazine groups is 1. The molecule has 222 valence electrons. The molecule has 1 amide bonds. The molecule has 1 fully saturated rings. The van der Waals surface area contributed by atoms with Crippen molar-refractivity contribution in [1.29, 1.82) is 5.41 Å². The van der Waals surface area contributed by atoms with Gasteiger partial charge in [0, 0.05) is 63.1 Å². The SMILES string of the molecule is CCc1cc(OC)cc(C(NN(C)CCCCCN2CCN(C(=O)/C=C/C(F)(F)F)CC2)=C(C)C(N)=NC=N)c1. The van der Waals surface area contributed by atoms with Gasteiger partial charge in [-0.15, -0.1) is 0 Å². The van der Waals surface area contributed by atoms with Crippen LogP contribution in [0.25, 0.3) is 5.70 Å². The lowest BCUT2D eigenvalue weighted by Crippen LogP contribution is -2.48. The zero-order chi connectivity index (χ0) is 29.7. The van der Waals surface area contributed by atoms with E-state index in [0.717, 1.165) is 73.3 Å². The number of carbonyl (C=O) groups excluding carboxylic acids is 1. The van der Waals surface area contributed by atoms with E-state index in [9.17, 15) is 18.0 Å². The van der Waals surface area contributed by atoms with Gasteiger partial charge < -0.3 is 20.8 Å². The van der Waals surface area contributed by atoms with Crippen molar-refractivity contribution < 1.29 is 22.7 Å². The molecule has 1 heterocycles. The Labute approximate surface area is 235 Å². The number of halogens is 3. The van der Waals surface area contributed by atoms with Gasteiger partial charge in [0.1, 0.15) is 17.9 Å². The molecule has 0 aromatic heterocycles. The number of hydrogen-bond donors (Lipinski definition) is 3. The minimum atomic E-state index is -4.48. The van der Waals surface area contributed by atoms with Gasteiger partial charge in [-0.1, -0.05) is 13.3 Å². The molecule has 0 radical (unpaired) electrons. The molecule has 4 N–H and O–H groups in total. The highest BCUT2D eigenvalue weighted by Crippen LogP contribution is 2.25. The standard InChI is InChI=1S/C28H42F3N7O2/c1-5-22-17-23(19-24(18-22)40-4)26(21(2)27(33)34-20-32)35-36(3)11-7-6-8-12-37-13-15-38(16-14-37)25(39)9-10-28(29,30)31/h9-10,17-20,35H,5-8,11-16H2,1-4H3,(H3,32,33,34)/b10-9+,26-21?. The van der Waals surface area contributed by atoms with Gasteiger partial charge in [-0.2, -0.15) is 13.2 Å². The van der Waals surface area contributed by atoms with E-state index in [1.807, 2.05) is 31.1 Å². The summed E-state index contributed by atoms with van der Waals surface area (Å²) in [5.74, 6) is 0.404. The summed E-state index contributed by atoms with van der Waals surface area (Å²) < 4.78 is 42.4. The average molecular weight is 566 g/mol. The number of nitrogens with one attached hydrogen (secondary N) is 2. The summed E-state index contributed by atoms with van der Waals surface area (Å²) in [4.78, 5) is 19.6. The number of nitrogens with two attached hydrogens (primary N) is 1. The molecule has 0 saturated carbocycles. The number of aryl methyl sites for hydroxylation is 1.